The number of hydrogen-bond acceptors (Lipinski definition) is 4. The molecule has 4 nitrogen and oxygen atoms in total. The van der Waals surface area contributed by atoms with E-state index in [1.165, 1.54) is 0 Å². The van der Waals surface area contributed by atoms with Crippen LogP contribution in [0.3, 0.4) is 0 Å². The standard InChI is InChI=1S/C6H15N3O/c7-4-2-1-3-6(8,9)5-10/h5H,1-4,7-9H2. The van der Waals surface area contributed by atoms with E-state index in [1.54, 1.807) is 0 Å². The van der Waals surface area contributed by atoms with Crippen LogP contribution in [-0.2, 0) is 4.79 Å². The van der Waals surface area contributed by atoms with Gasteiger partial charge in [-0.3, -0.25) is 4.79 Å². The molecule has 0 atom stereocenters. The molecule has 0 saturated heterocycles. The lowest BCUT2D eigenvalue weighted by Gasteiger charge is -2.15. The summed E-state index contributed by atoms with van der Waals surface area (Å²) in [6.45, 7) is 0.620. The van der Waals surface area contributed by atoms with E-state index in [0.717, 1.165) is 12.8 Å². The Morgan fingerprint density at radius 3 is 2.30 bits per heavy atom. The summed E-state index contributed by atoms with van der Waals surface area (Å²) in [6.07, 6.45) is 2.75. The van der Waals surface area contributed by atoms with Crippen LogP contribution in [0.5, 0.6) is 0 Å². The summed E-state index contributed by atoms with van der Waals surface area (Å²) in [7, 11) is 0. The first-order valence-electron chi connectivity index (χ1n) is 3.36. The first-order valence-corrected chi connectivity index (χ1v) is 3.36. The largest absolute Gasteiger partial charge is 0.330 e. The van der Waals surface area contributed by atoms with Gasteiger partial charge in [0.05, 0.1) is 0 Å². The van der Waals surface area contributed by atoms with Crippen molar-refractivity contribution < 1.29 is 4.79 Å². The minimum Gasteiger partial charge on any atom is -0.330 e. The smallest absolute Gasteiger partial charge is 0.154 e. The third-order valence-electron chi connectivity index (χ3n) is 1.28. The lowest BCUT2D eigenvalue weighted by molar-refractivity contribution is -0.112. The van der Waals surface area contributed by atoms with E-state index in [1.807, 2.05) is 0 Å². The molecule has 4 heteroatoms. The minimum atomic E-state index is -1.14. The molecule has 0 unspecified atom stereocenters. The first-order chi connectivity index (χ1) is 4.62. The zero-order valence-electron chi connectivity index (χ0n) is 6.05. The Kier molecular flexibility index (Phi) is 4.18. The van der Waals surface area contributed by atoms with Gasteiger partial charge in [-0.25, -0.2) is 0 Å². The lowest BCUT2D eigenvalue weighted by atomic mass is 10.1. The van der Waals surface area contributed by atoms with Crippen LogP contribution in [0.25, 0.3) is 0 Å². The van der Waals surface area contributed by atoms with Gasteiger partial charge in [-0.1, -0.05) is 0 Å². The van der Waals surface area contributed by atoms with E-state index in [4.69, 9.17) is 17.2 Å². The molecule has 0 fully saturated rings. The molecule has 60 valence electrons. The topological polar surface area (TPSA) is 95.1 Å². The molecular weight excluding hydrogens is 130 g/mol. The molecule has 0 aliphatic heterocycles. The predicted molar refractivity (Wildman–Crippen MR) is 40.1 cm³/mol. The Bertz CT molecular complexity index is 103. The van der Waals surface area contributed by atoms with Crippen molar-refractivity contribution in [3.8, 4) is 0 Å². The van der Waals surface area contributed by atoms with Crippen molar-refractivity contribution in [2.24, 2.45) is 17.2 Å². The molecule has 10 heavy (non-hydrogen) atoms. The first kappa shape index (κ1) is 9.55. The van der Waals surface area contributed by atoms with Gasteiger partial charge in [0.1, 0.15) is 5.66 Å². The molecule has 0 rings (SSSR count). The van der Waals surface area contributed by atoms with Crippen molar-refractivity contribution in [1.29, 1.82) is 0 Å². The molecule has 0 heterocycles. The van der Waals surface area contributed by atoms with Crippen molar-refractivity contribution in [3.63, 3.8) is 0 Å². The Balaban J connectivity index is 3.37. The highest BCUT2D eigenvalue weighted by Crippen LogP contribution is 2.01. The number of unbranched alkanes of at least 4 members (excludes halogenated alkanes) is 1. The summed E-state index contributed by atoms with van der Waals surface area (Å²) in [5.41, 5.74) is 14.7. The highest BCUT2D eigenvalue weighted by molar-refractivity contribution is 5.62. The minimum absolute atomic E-state index is 0.508. The molecule has 0 bridgehead atoms. The van der Waals surface area contributed by atoms with Gasteiger partial charge >= 0.3 is 0 Å². The highest BCUT2D eigenvalue weighted by atomic mass is 16.1. The maximum atomic E-state index is 10.1. The van der Waals surface area contributed by atoms with Crippen LogP contribution in [0, 0.1) is 0 Å². The predicted octanol–water partition coefficient (Wildman–Crippen LogP) is -1.07. The van der Waals surface area contributed by atoms with Crippen molar-refractivity contribution in [2.45, 2.75) is 24.9 Å². The average Bonchev–Trinajstić information content (AvgIpc) is 1.89. The van der Waals surface area contributed by atoms with E-state index in [2.05, 4.69) is 0 Å². The average molecular weight is 145 g/mol. The van der Waals surface area contributed by atoms with Crippen LogP contribution >= 0.6 is 0 Å². The van der Waals surface area contributed by atoms with Crippen LogP contribution in [0.15, 0.2) is 0 Å². The Morgan fingerprint density at radius 1 is 1.30 bits per heavy atom. The fourth-order valence-electron chi connectivity index (χ4n) is 0.634. The molecule has 0 spiro atoms. The number of carbonyl (C=O) groups is 1. The number of aldehydes is 1. The molecule has 0 aliphatic carbocycles. The second-order valence-corrected chi connectivity index (χ2v) is 2.48. The maximum Gasteiger partial charge on any atom is 0.154 e. The molecule has 0 radical (unpaired) electrons. The fourth-order valence-corrected chi connectivity index (χ4v) is 0.634. The second kappa shape index (κ2) is 4.38. The summed E-state index contributed by atoms with van der Waals surface area (Å²) in [6, 6.07) is 0. The zero-order valence-corrected chi connectivity index (χ0v) is 6.05. The van der Waals surface area contributed by atoms with Gasteiger partial charge in [0.25, 0.3) is 0 Å². The molecule has 0 aliphatic rings. The normalized spacial score (nSPS) is 11.5. The number of rotatable bonds is 5. The number of hydrogen-bond donors (Lipinski definition) is 3. The third-order valence-corrected chi connectivity index (χ3v) is 1.28. The lowest BCUT2D eigenvalue weighted by Crippen LogP contribution is -2.50. The van der Waals surface area contributed by atoms with E-state index >= 15 is 0 Å². The molecule has 6 N–H and O–H groups in total. The second-order valence-electron chi connectivity index (χ2n) is 2.48. The van der Waals surface area contributed by atoms with Crippen LogP contribution in [0.1, 0.15) is 19.3 Å². The van der Waals surface area contributed by atoms with Gasteiger partial charge in [-0.15, -0.1) is 0 Å². The van der Waals surface area contributed by atoms with Gasteiger partial charge in [0, 0.05) is 0 Å². The summed E-state index contributed by atoms with van der Waals surface area (Å²) in [5, 5.41) is 0. The number of nitrogens with two attached hydrogens (primary N) is 3. The number of carbonyl (C=O) groups excluding carboxylic acids is 1. The Hall–Kier alpha value is -0.450. The molecule has 0 aromatic rings. The summed E-state index contributed by atoms with van der Waals surface area (Å²) < 4.78 is 0. The molecule has 0 aromatic carbocycles. The molecule has 0 amide bonds. The molecule has 0 saturated carbocycles. The van der Waals surface area contributed by atoms with E-state index < -0.39 is 5.66 Å². The monoisotopic (exact) mass is 145 g/mol. The Labute approximate surface area is 60.7 Å². The fraction of sp³-hybridized carbons (Fsp3) is 0.833. The Morgan fingerprint density at radius 2 is 1.90 bits per heavy atom. The van der Waals surface area contributed by atoms with Crippen LogP contribution in [-0.4, -0.2) is 18.5 Å². The van der Waals surface area contributed by atoms with Gasteiger partial charge in [-0.2, -0.15) is 0 Å². The van der Waals surface area contributed by atoms with Crippen molar-refractivity contribution >= 4 is 6.29 Å². The van der Waals surface area contributed by atoms with Crippen molar-refractivity contribution in [3.05, 3.63) is 0 Å². The summed E-state index contributed by atoms with van der Waals surface area (Å²) in [5.74, 6) is 0. The SMILES string of the molecule is NCCCCC(N)(N)C=O. The van der Waals surface area contributed by atoms with Crippen molar-refractivity contribution in [2.75, 3.05) is 6.54 Å². The highest BCUT2D eigenvalue weighted by Gasteiger charge is 2.15. The third kappa shape index (κ3) is 4.43. The summed E-state index contributed by atoms with van der Waals surface area (Å²) in [4.78, 5) is 10.1. The van der Waals surface area contributed by atoms with E-state index in [-0.39, 0.29) is 0 Å². The van der Waals surface area contributed by atoms with E-state index in [9.17, 15) is 4.79 Å². The summed E-state index contributed by atoms with van der Waals surface area (Å²) >= 11 is 0. The maximum absolute atomic E-state index is 10.1. The van der Waals surface area contributed by atoms with Crippen molar-refractivity contribution in [1.82, 2.24) is 0 Å². The molecular formula is C6H15N3O. The van der Waals surface area contributed by atoms with E-state index in [0.29, 0.717) is 19.3 Å². The van der Waals surface area contributed by atoms with Gasteiger partial charge < -0.3 is 17.2 Å². The zero-order chi connectivity index (χ0) is 8.04. The molecule has 0 aromatic heterocycles. The van der Waals surface area contributed by atoms with Gasteiger partial charge in [0.15, 0.2) is 6.29 Å². The van der Waals surface area contributed by atoms with Gasteiger partial charge in [-0.05, 0) is 25.8 Å². The van der Waals surface area contributed by atoms with Crippen LogP contribution < -0.4 is 17.2 Å². The quantitative estimate of drug-likeness (QED) is 0.261. The van der Waals surface area contributed by atoms with Gasteiger partial charge in [0.2, 0.25) is 0 Å². The van der Waals surface area contributed by atoms with Crippen LogP contribution in [0.4, 0.5) is 0 Å². The van der Waals surface area contributed by atoms with Crippen LogP contribution in [0.2, 0.25) is 0 Å².